The van der Waals surface area contributed by atoms with Gasteiger partial charge in [-0.2, -0.15) is 0 Å². The molecule has 1 amide bonds. The third-order valence-electron chi connectivity index (χ3n) is 4.04. The fraction of sp³-hybridized carbons (Fsp3) is 0.923. The number of nitrogens with two attached hydrogens (primary N) is 2. The zero-order chi connectivity index (χ0) is 12.8. The summed E-state index contributed by atoms with van der Waals surface area (Å²) in [6.07, 6.45) is 6.17. The van der Waals surface area contributed by atoms with Gasteiger partial charge in [0.1, 0.15) is 0 Å². The predicted molar refractivity (Wildman–Crippen MR) is 70.4 cm³/mol. The average molecular weight is 241 g/mol. The van der Waals surface area contributed by atoms with Crippen LogP contribution in [0.2, 0.25) is 0 Å². The fourth-order valence-electron chi connectivity index (χ4n) is 3.14. The van der Waals surface area contributed by atoms with Gasteiger partial charge >= 0.3 is 0 Å². The van der Waals surface area contributed by atoms with Crippen LogP contribution in [-0.2, 0) is 4.79 Å². The summed E-state index contributed by atoms with van der Waals surface area (Å²) in [6.45, 7) is 3.30. The normalized spacial score (nSPS) is 29.5. The standard InChI is InChI=1S/C13H27N3O/c1-3-4-10-5-6-11(8-14)12(7-10)16(2)9-13(15)17/h10-12H,3-9,14H2,1-2H3,(H2,15,17). The van der Waals surface area contributed by atoms with E-state index < -0.39 is 0 Å². The molecule has 1 aliphatic rings. The Labute approximate surface area is 105 Å². The van der Waals surface area contributed by atoms with E-state index in [2.05, 4.69) is 11.8 Å². The molecule has 0 radical (unpaired) electrons. The van der Waals surface area contributed by atoms with Crippen molar-refractivity contribution in [3.63, 3.8) is 0 Å². The SMILES string of the molecule is CCCC1CCC(CN)C(N(C)CC(N)=O)C1. The number of rotatable bonds is 6. The van der Waals surface area contributed by atoms with E-state index in [1.807, 2.05) is 7.05 Å². The molecule has 0 saturated heterocycles. The number of primary amides is 1. The van der Waals surface area contributed by atoms with E-state index >= 15 is 0 Å². The molecule has 1 aliphatic carbocycles. The number of carbonyl (C=O) groups is 1. The molecular formula is C13H27N3O. The molecule has 0 heterocycles. The largest absolute Gasteiger partial charge is 0.369 e. The summed E-state index contributed by atoms with van der Waals surface area (Å²) in [4.78, 5) is 13.1. The first kappa shape index (κ1) is 14.5. The van der Waals surface area contributed by atoms with Gasteiger partial charge in [0.2, 0.25) is 5.91 Å². The smallest absolute Gasteiger partial charge is 0.231 e. The molecule has 0 aromatic carbocycles. The van der Waals surface area contributed by atoms with E-state index in [9.17, 15) is 4.79 Å². The summed E-state index contributed by atoms with van der Waals surface area (Å²) in [5.41, 5.74) is 11.1. The molecule has 0 aliphatic heterocycles. The Morgan fingerprint density at radius 1 is 1.41 bits per heavy atom. The van der Waals surface area contributed by atoms with Gasteiger partial charge in [-0.1, -0.05) is 26.2 Å². The minimum Gasteiger partial charge on any atom is -0.369 e. The van der Waals surface area contributed by atoms with Crippen LogP contribution in [-0.4, -0.2) is 37.0 Å². The maximum atomic E-state index is 11.0. The zero-order valence-electron chi connectivity index (χ0n) is 11.2. The molecule has 1 rings (SSSR count). The van der Waals surface area contributed by atoms with Gasteiger partial charge in [-0.05, 0) is 38.3 Å². The van der Waals surface area contributed by atoms with Crippen molar-refractivity contribution >= 4 is 5.91 Å². The Balaban J connectivity index is 2.58. The minimum absolute atomic E-state index is 0.249. The van der Waals surface area contributed by atoms with Gasteiger partial charge in [0, 0.05) is 6.04 Å². The van der Waals surface area contributed by atoms with E-state index in [1.165, 1.54) is 32.1 Å². The van der Waals surface area contributed by atoms with Crippen LogP contribution in [0.4, 0.5) is 0 Å². The van der Waals surface area contributed by atoms with Crippen LogP contribution in [0.15, 0.2) is 0 Å². The van der Waals surface area contributed by atoms with Crippen LogP contribution in [0.3, 0.4) is 0 Å². The molecule has 4 N–H and O–H groups in total. The van der Waals surface area contributed by atoms with Gasteiger partial charge in [0.15, 0.2) is 0 Å². The Bertz CT molecular complexity index is 245. The van der Waals surface area contributed by atoms with Crippen molar-refractivity contribution in [1.82, 2.24) is 4.90 Å². The van der Waals surface area contributed by atoms with Crippen LogP contribution in [0.25, 0.3) is 0 Å². The van der Waals surface area contributed by atoms with Crippen LogP contribution in [0.5, 0.6) is 0 Å². The molecule has 4 nitrogen and oxygen atoms in total. The molecule has 3 atom stereocenters. The van der Waals surface area contributed by atoms with Gasteiger partial charge in [-0.25, -0.2) is 0 Å². The highest BCUT2D eigenvalue weighted by molar-refractivity contribution is 5.75. The number of hydrogen-bond donors (Lipinski definition) is 2. The molecule has 17 heavy (non-hydrogen) atoms. The molecule has 1 fully saturated rings. The summed E-state index contributed by atoms with van der Waals surface area (Å²) in [5, 5.41) is 0. The summed E-state index contributed by atoms with van der Waals surface area (Å²) in [6, 6.07) is 0.429. The lowest BCUT2D eigenvalue weighted by molar-refractivity contribution is -0.119. The topological polar surface area (TPSA) is 72.3 Å². The molecule has 4 heteroatoms. The van der Waals surface area contributed by atoms with Crippen molar-refractivity contribution in [3.8, 4) is 0 Å². The lowest BCUT2D eigenvalue weighted by Gasteiger charge is -2.40. The number of nitrogens with zero attached hydrogens (tertiary/aromatic N) is 1. The Hall–Kier alpha value is -0.610. The molecule has 0 spiro atoms. The van der Waals surface area contributed by atoms with Crippen molar-refractivity contribution in [2.24, 2.45) is 23.3 Å². The molecule has 1 saturated carbocycles. The molecule has 0 aromatic heterocycles. The average Bonchev–Trinajstić information content (AvgIpc) is 2.28. The second-order valence-corrected chi connectivity index (χ2v) is 5.41. The zero-order valence-corrected chi connectivity index (χ0v) is 11.2. The van der Waals surface area contributed by atoms with E-state index in [-0.39, 0.29) is 5.91 Å². The highest BCUT2D eigenvalue weighted by Crippen LogP contribution is 2.33. The molecule has 100 valence electrons. The highest BCUT2D eigenvalue weighted by Gasteiger charge is 2.32. The first-order valence-corrected chi connectivity index (χ1v) is 6.77. The van der Waals surface area contributed by atoms with Gasteiger partial charge in [0.05, 0.1) is 6.54 Å². The van der Waals surface area contributed by atoms with Crippen LogP contribution in [0, 0.1) is 11.8 Å². The van der Waals surface area contributed by atoms with Gasteiger partial charge in [-0.3, -0.25) is 9.69 Å². The van der Waals surface area contributed by atoms with Crippen LogP contribution in [0.1, 0.15) is 39.0 Å². The lowest BCUT2D eigenvalue weighted by atomic mass is 9.76. The van der Waals surface area contributed by atoms with E-state index in [1.54, 1.807) is 0 Å². The van der Waals surface area contributed by atoms with Crippen molar-refractivity contribution in [3.05, 3.63) is 0 Å². The summed E-state index contributed by atoms with van der Waals surface area (Å²) in [5.74, 6) is 1.07. The Morgan fingerprint density at radius 2 is 2.12 bits per heavy atom. The van der Waals surface area contributed by atoms with E-state index in [0.29, 0.717) is 25.0 Å². The number of carbonyl (C=O) groups excluding carboxylic acids is 1. The highest BCUT2D eigenvalue weighted by atomic mass is 16.1. The van der Waals surface area contributed by atoms with Crippen molar-refractivity contribution in [2.75, 3.05) is 20.1 Å². The fourth-order valence-corrected chi connectivity index (χ4v) is 3.14. The summed E-state index contributed by atoms with van der Waals surface area (Å²) in [7, 11) is 1.99. The third kappa shape index (κ3) is 4.28. The molecular weight excluding hydrogens is 214 g/mol. The van der Waals surface area contributed by atoms with Gasteiger partial charge in [-0.15, -0.1) is 0 Å². The first-order chi connectivity index (χ1) is 8.08. The molecule has 0 bridgehead atoms. The number of amides is 1. The Morgan fingerprint density at radius 3 is 2.65 bits per heavy atom. The van der Waals surface area contributed by atoms with Crippen LogP contribution < -0.4 is 11.5 Å². The number of hydrogen-bond acceptors (Lipinski definition) is 3. The van der Waals surface area contributed by atoms with Gasteiger partial charge < -0.3 is 11.5 Å². The molecule has 0 aromatic rings. The van der Waals surface area contributed by atoms with Crippen molar-refractivity contribution < 1.29 is 4.79 Å². The maximum absolute atomic E-state index is 11.0. The van der Waals surface area contributed by atoms with Crippen molar-refractivity contribution in [2.45, 2.75) is 45.1 Å². The Kier molecular flexibility index (Phi) is 5.92. The van der Waals surface area contributed by atoms with Gasteiger partial charge in [0.25, 0.3) is 0 Å². The minimum atomic E-state index is -0.249. The second kappa shape index (κ2) is 6.97. The number of likely N-dealkylation sites (N-methyl/N-ethyl adjacent to an activating group) is 1. The van der Waals surface area contributed by atoms with Crippen molar-refractivity contribution in [1.29, 1.82) is 0 Å². The predicted octanol–water partition coefficient (Wildman–Crippen LogP) is 0.947. The lowest BCUT2D eigenvalue weighted by Crippen LogP contribution is -2.47. The maximum Gasteiger partial charge on any atom is 0.231 e. The monoisotopic (exact) mass is 241 g/mol. The van der Waals surface area contributed by atoms with E-state index in [0.717, 1.165) is 5.92 Å². The summed E-state index contributed by atoms with van der Waals surface area (Å²) < 4.78 is 0. The quantitative estimate of drug-likeness (QED) is 0.727. The van der Waals surface area contributed by atoms with E-state index in [4.69, 9.17) is 11.5 Å². The first-order valence-electron chi connectivity index (χ1n) is 6.77. The third-order valence-corrected chi connectivity index (χ3v) is 4.04. The molecule has 3 unspecified atom stereocenters. The second-order valence-electron chi connectivity index (χ2n) is 5.41. The summed E-state index contributed by atoms with van der Waals surface area (Å²) >= 11 is 0. The van der Waals surface area contributed by atoms with Crippen LogP contribution >= 0.6 is 0 Å².